The highest BCUT2D eigenvalue weighted by Crippen LogP contribution is 2.31. The van der Waals surface area contributed by atoms with E-state index >= 15 is 0 Å². The van der Waals surface area contributed by atoms with Gasteiger partial charge in [-0.2, -0.15) is 0 Å². The highest BCUT2D eigenvalue weighted by Gasteiger charge is 2.19. The molecule has 0 amide bonds. The predicted octanol–water partition coefficient (Wildman–Crippen LogP) is 4.93. The molecule has 0 aromatic heterocycles. The summed E-state index contributed by atoms with van der Waals surface area (Å²) in [4.78, 5) is 13.7. The van der Waals surface area contributed by atoms with E-state index in [4.69, 9.17) is 0 Å². The van der Waals surface area contributed by atoms with Crippen LogP contribution in [0, 0.1) is 0 Å². The van der Waals surface area contributed by atoms with E-state index in [0.29, 0.717) is 6.04 Å². The van der Waals surface area contributed by atoms with Crippen molar-refractivity contribution in [2.45, 2.75) is 46.6 Å². The fraction of sp³-hybridized carbons (Fsp3) is 0.409. The first-order chi connectivity index (χ1) is 11.9. The number of hydrogen-bond donors (Lipinski definition) is 0. The van der Waals surface area contributed by atoms with Crippen molar-refractivity contribution < 1.29 is 9.53 Å². The Hall–Kier alpha value is -2.29. The molecule has 0 bridgehead atoms. The van der Waals surface area contributed by atoms with Crippen molar-refractivity contribution >= 4 is 17.2 Å². The van der Waals surface area contributed by atoms with Crippen molar-refractivity contribution in [2.75, 3.05) is 18.6 Å². The maximum Gasteiger partial charge on any atom is 0.330 e. The Morgan fingerprint density at radius 2 is 2.04 bits per heavy atom. The fourth-order valence-electron chi connectivity index (χ4n) is 3.14. The molecule has 0 radical (unpaired) electrons. The van der Waals surface area contributed by atoms with Gasteiger partial charge in [-0.1, -0.05) is 24.3 Å². The van der Waals surface area contributed by atoms with Crippen molar-refractivity contribution in [1.82, 2.24) is 0 Å². The SMILES string of the molecule is COC(=O)/C=C(C)/C=C/C=C(\C)c1ccc2c(c1)CCCN2C(C)C. The third-order valence-corrected chi connectivity index (χ3v) is 4.56. The number of benzene rings is 1. The monoisotopic (exact) mass is 339 g/mol. The van der Waals surface area contributed by atoms with Gasteiger partial charge in [0.25, 0.3) is 0 Å². The molecule has 0 aliphatic carbocycles. The second-order valence-corrected chi connectivity index (χ2v) is 6.85. The number of methoxy groups -OCH3 is 1. The van der Waals surface area contributed by atoms with Crippen LogP contribution in [-0.2, 0) is 16.0 Å². The Morgan fingerprint density at radius 1 is 1.28 bits per heavy atom. The Morgan fingerprint density at radius 3 is 2.72 bits per heavy atom. The summed E-state index contributed by atoms with van der Waals surface area (Å²) in [5, 5.41) is 0. The van der Waals surface area contributed by atoms with Crippen molar-refractivity contribution in [1.29, 1.82) is 0 Å². The van der Waals surface area contributed by atoms with Gasteiger partial charge in [0.2, 0.25) is 0 Å². The first-order valence-electron chi connectivity index (χ1n) is 8.93. The van der Waals surface area contributed by atoms with Crippen LogP contribution in [0.3, 0.4) is 0 Å². The first-order valence-corrected chi connectivity index (χ1v) is 8.93. The third-order valence-electron chi connectivity index (χ3n) is 4.56. The van der Waals surface area contributed by atoms with Crippen LogP contribution in [0.15, 0.2) is 48.1 Å². The number of esters is 1. The second kappa shape index (κ2) is 8.70. The summed E-state index contributed by atoms with van der Waals surface area (Å²) >= 11 is 0. The number of hydrogen-bond acceptors (Lipinski definition) is 3. The van der Waals surface area contributed by atoms with Crippen molar-refractivity contribution in [3.63, 3.8) is 0 Å². The van der Waals surface area contributed by atoms with Gasteiger partial charge in [0.1, 0.15) is 0 Å². The molecular formula is C22H29NO2. The highest BCUT2D eigenvalue weighted by molar-refractivity contribution is 5.83. The number of carbonyl (C=O) groups excluding carboxylic acids is 1. The van der Waals surface area contributed by atoms with E-state index in [0.717, 1.165) is 18.5 Å². The summed E-state index contributed by atoms with van der Waals surface area (Å²) in [6.07, 6.45) is 9.83. The summed E-state index contributed by atoms with van der Waals surface area (Å²) in [6, 6.07) is 7.32. The molecule has 1 aromatic carbocycles. The maximum atomic E-state index is 11.2. The fourth-order valence-corrected chi connectivity index (χ4v) is 3.14. The number of carbonyl (C=O) groups is 1. The van der Waals surface area contributed by atoms with Crippen LogP contribution in [0.25, 0.3) is 5.57 Å². The summed E-state index contributed by atoms with van der Waals surface area (Å²) < 4.78 is 4.63. The number of ether oxygens (including phenoxy) is 1. The van der Waals surface area contributed by atoms with Crippen molar-refractivity contribution in [3.05, 3.63) is 59.2 Å². The largest absolute Gasteiger partial charge is 0.466 e. The van der Waals surface area contributed by atoms with Crippen LogP contribution in [0.4, 0.5) is 5.69 Å². The minimum absolute atomic E-state index is 0.327. The zero-order chi connectivity index (χ0) is 18.4. The summed E-state index contributed by atoms with van der Waals surface area (Å²) in [6.45, 7) is 9.66. The molecule has 3 heteroatoms. The van der Waals surface area contributed by atoms with Crippen LogP contribution in [0.2, 0.25) is 0 Å². The Labute approximate surface area is 151 Å². The average molecular weight is 339 g/mol. The lowest BCUT2D eigenvalue weighted by atomic mass is 9.95. The number of aryl methyl sites for hydroxylation is 1. The van der Waals surface area contributed by atoms with E-state index in [1.54, 1.807) is 0 Å². The van der Waals surface area contributed by atoms with Gasteiger partial charge in [-0.3, -0.25) is 0 Å². The molecule has 0 spiro atoms. The standard InChI is InChI=1S/C22H29NO2/c1-16(2)23-13-7-10-20-15-19(11-12-21(20)23)18(4)9-6-8-17(3)14-22(24)25-5/h6,8-9,11-12,14-16H,7,10,13H2,1-5H3/b8-6+,17-14+,18-9+. The highest BCUT2D eigenvalue weighted by atomic mass is 16.5. The van der Waals surface area contributed by atoms with Crippen LogP contribution in [0.5, 0.6) is 0 Å². The van der Waals surface area contributed by atoms with Gasteiger partial charge in [0.05, 0.1) is 7.11 Å². The number of anilines is 1. The van der Waals surface area contributed by atoms with Gasteiger partial charge >= 0.3 is 5.97 Å². The lowest BCUT2D eigenvalue weighted by Crippen LogP contribution is -2.35. The molecule has 1 aliphatic rings. The quantitative estimate of drug-likeness (QED) is 0.433. The normalized spacial score (nSPS) is 15.7. The zero-order valence-corrected chi connectivity index (χ0v) is 16.0. The molecule has 0 N–H and O–H groups in total. The van der Waals surface area contributed by atoms with Crippen LogP contribution >= 0.6 is 0 Å². The Kier molecular flexibility index (Phi) is 6.63. The molecule has 0 unspecified atom stereocenters. The minimum atomic E-state index is -0.327. The first kappa shape index (κ1) is 19.0. The zero-order valence-electron chi connectivity index (χ0n) is 16.0. The minimum Gasteiger partial charge on any atom is -0.466 e. The summed E-state index contributed by atoms with van der Waals surface area (Å²) in [5.41, 5.74) is 6.16. The van der Waals surface area contributed by atoms with Gasteiger partial charge in [0, 0.05) is 24.4 Å². The van der Waals surface area contributed by atoms with Crippen LogP contribution < -0.4 is 4.90 Å². The summed E-state index contributed by atoms with van der Waals surface area (Å²) in [5.74, 6) is -0.327. The lowest BCUT2D eigenvalue weighted by Gasteiger charge is -2.35. The molecule has 25 heavy (non-hydrogen) atoms. The van der Waals surface area contributed by atoms with E-state index in [1.807, 2.05) is 19.1 Å². The van der Waals surface area contributed by atoms with Gasteiger partial charge < -0.3 is 9.64 Å². The van der Waals surface area contributed by atoms with Crippen molar-refractivity contribution in [3.8, 4) is 0 Å². The molecule has 0 atom stereocenters. The van der Waals surface area contributed by atoms with Gasteiger partial charge in [0.15, 0.2) is 0 Å². The van der Waals surface area contributed by atoms with Gasteiger partial charge in [-0.25, -0.2) is 4.79 Å². The molecule has 0 saturated heterocycles. The molecule has 3 nitrogen and oxygen atoms in total. The molecule has 134 valence electrons. The number of allylic oxidation sites excluding steroid dienone is 5. The topological polar surface area (TPSA) is 29.5 Å². The molecule has 2 rings (SSSR count). The smallest absolute Gasteiger partial charge is 0.330 e. The molecule has 1 heterocycles. The molecule has 1 aromatic rings. The molecule has 1 aliphatic heterocycles. The molecule has 0 fully saturated rings. The second-order valence-electron chi connectivity index (χ2n) is 6.85. The number of nitrogens with zero attached hydrogens (tertiary/aromatic N) is 1. The van der Waals surface area contributed by atoms with E-state index in [-0.39, 0.29) is 5.97 Å². The lowest BCUT2D eigenvalue weighted by molar-refractivity contribution is -0.134. The van der Waals surface area contributed by atoms with E-state index in [9.17, 15) is 4.79 Å². The average Bonchev–Trinajstić information content (AvgIpc) is 2.60. The Bertz CT molecular complexity index is 711. The summed E-state index contributed by atoms with van der Waals surface area (Å²) in [7, 11) is 1.39. The van der Waals surface area contributed by atoms with Gasteiger partial charge in [-0.05, 0) is 74.9 Å². The van der Waals surface area contributed by atoms with E-state index in [1.165, 1.54) is 42.0 Å². The Balaban J connectivity index is 2.16. The molecular weight excluding hydrogens is 310 g/mol. The molecule has 0 saturated carbocycles. The van der Waals surface area contributed by atoms with Gasteiger partial charge in [-0.15, -0.1) is 0 Å². The number of rotatable bonds is 5. The van der Waals surface area contributed by atoms with E-state index in [2.05, 4.69) is 54.7 Å². The van der Waals surface area contributed by atoms with Crippen LogP contribution in [0.1, 0.15) is 45.2 Å². The maximum absolute atomic E-state index is 11.2. The predicted molar refractivity (Wildman–Crippen MR) is 106 cm³/mol. The van der Waals surface area contributed by atoms with Crippen molar-refractivity contribution in [2.24, 2.45) is 0 Å². The number of fused-ring (bicyclic) bond motifs is 1. The van der Waals surface area contributed by atoms with E-state index < -0.39 is 0 Å². The van der Waals surface area contributed by atoms with Crippen LogP contribution in [-0.4, -0.2) is 25.7 Å². The third kappa shape index (κ3) is 5.09.